The number of halogens is 6. The Morgan fingerprint density at radius 2 is 1.35 bits per heavy atom. The average molecular weight is 330 g/mol. The van der Waals surface area contributed by atoms with Gasteiger partial charge in [-0.25, -0.2) is 26.9 Å². The van der Waals surface area contributed by atoms with Crippen LogP contribution in [0.5, 0.6) is 0 Å². The van der Waals surface area contributed by atoms with Gasteiger partial charge in [-0.1, -0.05) is 0 Å². The van der Waals surface area contributed by atoms with E-state index in [0.717, 1.165) is 11.3 Å². The standard InChI is InChI=1S/C9HBrF5NS/c10-9-16-2(1-17-9)3-4(11)6(13)8(15)7(14)5(3)12/h1H. The zero-order valence-corrected chi connectivity index (χ0v) is 10.1. The monoisotopic (exact) mass is 329 g/mol. The van der Waals surface area contributed by atoms with Crippen molar-refractivity contribution >= 4 is 27.3 Å². The predicted molar refractivity (Wildman–Crippen MR) is 55.0 cm³/mol. The van der Waals surface area contributed by atoms with Crippen LogP contribution in [0.25, 0.3) is 11.3 Å². The van der Waals surface area contributed by atoms with E-state index < -0.39 is 34.6 Å². The van der Waals surface area contributed by atoms with Crippen LogP contribution >= 0.6 is 27.3 Å². The summed E-state index contributed by atoms with van der Waals surface area (Å²) in [6.07, 6.45) is 0. The van der Waals surface area contributed by atoms with Crippen molar-refractivity contribution in [1.82, 2.24) is 4.98 Å². The van der Waals surface area contributed by atoms with Crippen molar-refractivity contribution in [2.24, 2.45) is 0 Å². The number of nitrogens with zero attached hydrogens (tertiary/aromatic N) is 1. The van der Waals surface area contributed by atoms with Crippen LogP contribution in [0.1, 0.15) is 0 Å². The van der Waals surface area contributed by atoms with E-state index in [0.29, 0.717) is 0 Å². The maximum absolute atomic E-state index is 13.3. The van der Waals surface area contributed by atoms with Crippen LogP contribution < -0.4 is 0 Å². The van der Waals surface area contributed by atoms with Gasteiger partial charge in [0.05, 0.1) is 11.3 Å². The van der Waals surface area contributed by atoms with Crippen molar-refractivity contribution in [2.75, 3.05) is 0 Å². The van der Waals surface area contributed by atoms with Gasteiger partial charge in [-0.05, 0) is 15.9 Å². The minimum atomic E-state index is -2.18. The molecule has 2 rings (SSSR count). The number of hydrogen-bond acceptors (Lipinski definition) is 2. The fourth-order valence-electron chi connectivity index (χ4n) is 1.20. The number of aromatic nitrogens is 1. The molecule has 0 bridgehead atoms. The second-order valence-corrected chi connectivity index (χ2v) is 5.06. The highest BCUT2D eigenvalue weighted by molar-refractivity contribution is 9.11. The molecule has 0 aliphatic carbocycles. The first-order valence-corrected chi connectivity index (χ1v) is 5.73. The Balaban J connectivity index is 2.78. The number of benzene rings is 1. The molecule has 90 valence electrons. The third-order valence-corrected chi connectivity index (χ3v) is 3.31. The van der Waals surface area contributed by atoms with E-state index in [-0.39, 0.29) is 9.61 Å². The molecule has 0 fully saturated rings. The third kappa shape index (κ3) is 1.95. The molecule has 0 amide bonds. The van der Waals surface area contributed by atoms with E-state index in [1.165, 1.54) is 5.38 Å². The fourth-order valence-corrected chi connectivity index (χ4v) is 2.20. The summed E-state index contributed by atoms with van der Waals surface area (Å²) in [5.74, 6) is -9.93. The Kier molecular flexibility index (Phi) is 3.17. The lowest BCUT2D eigenvalue weighted by atomic mass is 10.1. The highest BCUT2D eigenvalue weighted by atomic mass is 79.9. The second-order valence-electron chi connectivity index (χ2n) is 2.93. The number of hydrogen-bond donors (Lipinski definition) is 0. The molecule has 1 nitrogen and oxygen atoms in total. The smallest absolute Gasteiger partial charge is 0.200 e. The Bertz CT molecular complexity index is 568. The van der Waals surface area contributed by atoms with Crippen LogP contribution in [-0.4, -0.2) is 4.98 Å². The molecule has 8 heteroatoms. The molecular weight excluding hydrogens is 329 g/mol. The van der Waals surface area contributed by atoms with Gasteiger partial charge in [-0.2, -0.15) is 0 Å². The van der Waals surface area contributed by atoms with Gasteiger partial charge in [0, 0.05) is 5.38 Å². The molecular formula is C9HBrF5NS. The maximum atomic E-state index is 13.3. The largest absolute Gasteiger partial charge is 0.229 e. The van der Waals surface area contributed by atoms with E-state index in [9.17, 15) is 22.0 Å². The Labute approximate surface area is 104 Å². The van der Waals surface area contributed by atoms with E-state index in [2.05, 4.69) is 20.9 Å². The first-order chi connectivity index (χ1) is 7.93. The van der Waals surface area contributed by atoms with E-state index in [1.807, 2.05) is 0 Å². The quantitative estimate of drug-likeness (QED) is 0.432. The van der Waals surface area contributed by atoms with E-state index in [1.54, 1.807) is 0 Å². The van der Waals surface area contributed by atoms with Crippen LogP contribution in [-0.2, 0) is 0 Å². The van der Waals surface area contributed by atoms with Crippen molar-refractivity contribution < 1.29 is 22.0 Å². The third-order valence-electron chi connectivity index (χ3n) is 1.94. The van der Waals surface area contributed by atoms with Crippen LogP contribution in [0, 0.1) is 29.1 Å². The van der Waals surface area contributed by atoms with Gasteiger partial charge >= 0.3 is 0 Å². The zero-order valence-electron chi connectivity index (χ0n) is 7.70. The summed E-state index contributed by atoms with van der Waals surface area (Å²) in [5.41, 5.74) is -1.34. The lowest BCUT2D eigenvalue weighted by molar-refractivity contribution is 0.381. The van der Waals surface area contributed by atoms with Crippen molar-refractivity contribution in [1.29, 1.82) is 0 Å². The highest BCUT2D eigenvalue weighted by Gasteiger charge is 2.27. The lowest BCUT2D eigenvalue weighted by Gasteiger charge is -2.05. The molecule has 1 heterocycles. The topological polar surface area (TPSA) is 12.9 Å². The van der Waals surface area contributed by atoms with Gasteiger partial charge in [-0.3, -0.25) is 0 Å². The normalized spacial score (nSPS) is 10.9. The van der Waals surface area contributed by atoms with Gasteiger partial charge in [0.15, 0.2) is 27.2 Å². The maximum Gasteiger partial charge on any atom is 0.200 e. The SMILES string of the molecule is Fc1c(F)c(F)c(-c2csc(Br)n2)c(F)c1F. The van der Waals surface area contributed by atoms with Crippen molar-refractivity contribution in [2.45, 2.75) is 0 Å². The lowest BCUT2D eigenvalue weighted by Crippen LogP contribution is -2.04. The highest BCUT2D eigenvalue weighted by Crippen LogP contribution is 2.33. The molecule has 0 saturated heterocycles. The van der Waals surface area contributed by atoms with Crippen LogP contribution in [0.3, 0.4) is 0 Å². The molecule has 0 saturated carbocycles. The van der Waals surface area contributed by atoms with E-state index >= 15 is 0 Å². The van der Waals surface area contributed by atoms with Crippen LogP contribution in [0.2, 0.25) is 0 Å². The average Bonchev–Trinajstić information content (AvgIpc) is 2.71. The Hall–Kier alpha value is -1.02. The van der Waals surface area contributed by atoms with Crippen molar-refractivity contribution in [3.63, 3.8) is 0 Å². The molecule has 2 aromatic rings. The molecule has 0 atom stereocenters. The summed E-state index contributed by atoms with van der Waals surface area (Å²) < 4.78 is 65.5. The zero-order chi connectivity index (χ0) is 12.7. The number of thiazole rings is 1. The number of rotatable bonds is 1. The van der Waals surface area contributed by atoms with E-state index in [4.69, 9.17) is 0 Å². The van der Waals surface area contributed by atoms with Crippen molar-refractivity contribution in [3.8, 4) is 11.3 Å². The molecule has 0 spiro atoms. The molecule has 1 aromatic carbocycles. The molecule has 0 aliphatic rings. The van der Waals surface area contributed by atoms with Crippen LogP contribution in [0.15, 0.2) is 9.30 Å². The minimum absolute atomic E-state index is 0.274. The summed E-state index contributed by atoms with van der Waals surface area (Å²) in [7, 11) is 0. The summed E-state index contributed by atoms with van der Waals surface area (Å²) in [5, 5.41) is 1.18. The van der Waals surface area contributed by atoms with Crippen molar-refractivity contribution in [3.05, 3.63) is 38.4 Å². The Morgan fingerprint density at radius 3 is 1.76 bits per heavy atom. The summed E-state index contributed by atoms with van der Waals surface area (Å²) in [4.78, 5) is 3.61. The summed E-state index contributed by atoms with van der Waals surface area (Å²) >= 11 is 3.90. The fraction of sp³-hybridized carbons (Fsp3) is 0. The second kappa shape index (κ2) is 4.34. The van der Waals surface area contributed by atoms with Gasteiger partial charge in [0.1, 0.15) is 0 Å². The molecule has 0 unspecified atom stereocenters. The minimum Gasteiger partial charge on any atom is -0.229 e. The van der Waals surface area contributed by atoms with Gasteiger partial charge in [0.25, 0.3) is 0 Å². The van der Waals surface area contributed by atoms with Crippen LogP contribution in [0.4, 0.5) is 22.0 Å². The summed E-state index contributed by atoms with van der Waals surface area (Å²) in [6, 6.07) is 0. The molecule has 0 aliphatic heterocycles. The molecule has 0 N–H and O–H groups in total. The summed E-state index contributed by atoms with van der Waals surface area (Å²) in [6.45, 7) is 0. The van der Waals surface area contributed by atoms with Gasteiger partial charge < -0.3 is 0 Å². The molecule has 1 aromatic heterocycles. The molecule has 0 radical (unpaired) electrons. The van der Waals surface area contributed by atoms with Gasteiger partial charge in [0.2, 0.25) is 5.82 Å². The molecule has 17 heavy (non-hydrogen) atoms. The first-order valence-electron chi connectivity index (χ1n) is 4.06. The predicted octanol–water partition coefficient (Wildman–Crippen LogP) is 4.27. The first kappa shape index (κ1) is 12.4. The van der Waals surface area contributed by atoms with Gasteiger partial charge in [-0.15, -0.1) is 11.3 Å². The Morgan fingerprint density at radius 1 is 0.882 bits per heavy atom.